The van der Waals surface area contributed by atoms with Crippen LogP contribution in [0.4, 0.5) is 0 Å². The van der Waals surface area contributed by atoms with Crippen molar-refractivity contribution in [1.29, 1.82) is 0 Å². The Kier molecular flexibility index (Phi) is 7.79. The van der Waals surface area contributed by atoms with Crippen LogP contribution in [0.5, 0.6) is 0 Å². The van der Waals surface area contributed by atoms with Gasteiger partial charge in [0.2, 0.25) is 11.8 Å². The highest BCUT2D eigenvalue weighted by Gasteiger charge is 2.40. The van der Waals surface area contributed by atoms with Crippen LogP contribution in [0.25, 0.3) is 0 Å². The normalized spacial score (nSPS) is 17.3. The van der Waals surface area contributed by atoms with Gasteiger partial charge in [-0.05, 0) is 47.0 Å². The molecule has 0 spiro atoms. The second-order valence-corrected chi connectivity index (χ2v) is 8.45. The van der Waals surface area contributed by atoms with Crippen LogP contribution in [-0.4, -0.2) is 40.2 Å². The number of hydrogen-bond donors (Lipinski definition) is 0. The first-order chi connectivity index (χ1) is 11.5. The van der Waals surface area contributed by atoms with Crippen LogP contribution in [0.15, 0.2) is 0 Å². The van der Waals surface area contributed by atoms with Gasteiger partial charge in [-0.25, -0.2) is 0 Å². The Morgan fingerprint density at radius 2 is 1.68 bits per heavy atom. The first-order valence-corrected chi connectivity index (χ1v) is 9.53. The molecule has 0 aromatic rings. The van der Waals surface area contributed by atoms with Crippen LogP contribution in [0.2, 0.25) is 0 Å². The van der Waals surface area contributed by atoms with E-state index in [9.17, 15) is 14.4 Å². The van der Waals surface area contributed by atoms with Crippen molar-refractivity contribution >= 4 is 17.6 Å². The van der Waals surface area contributed by atoms with E-state index in [4.69, 9.17) is 4.74 Å². The molecule has 144 valence electrons. The lowest BCUT2D eigenvalue weighted by atomic mass is 9.93. The van der Waals surface area contributed by atoms with Gasteiger partial charge in [-0.3, -0.25) is 19.3 Å². The number of Topliss-reactive ketones (excluding diaryl/α,β-unsaturated/α-hetero) is 1. The lowest BCUT2D eigenvalue weighted by Gasteiger charge is -2.35. The van der Waals surface area contributed by atoms with Gasteiger partial charge in [-0.15, -0.1) is 0 Å². The fourth-order valence-electron chi connectivity index (χ4n) is 3.28. The number of likely N-dealkylation sites (tertiary alicyclic amines) is 1. The highest BCUT2D eigenvalue weighted by molar-refractivity contribution is 6.02. The van der Waals surface area contributed by atoms with Gasteiger partial charge in [-0.2, -0.15) is 0 Å². The minimum Gasteiger partial charge on any atom is -0.375 e. The number of ether oxygens (including phenoxy) is 1. The molecule has 0 aromatic heterocycles. The predicted molar refractivity (Wildman–Crippen MR) is 98.1 cm³/mol. The average Bonchev–Trinajstić information content (AvgIpc) is 2.84. The molecule has 5 nitrogen and oxygen atoms in total. The summed E-state index contributed by atoms with van der Waals surface area (Å²) >= 11 is 0. The first-order valence-electron chi connectivity index (χ1n) is 9.53. The highest BCUT2D eigenvalue weighted by atomic mass is 16.5. The number of carbonyl (C=O) groups excluding carboxylic acids is 3. The number of hydrogen-bond acceptors (Lipinski definition) is 4. The van der Waals surface area contributed by atoms with E-state index in [2.05, 4.69) is 6.92 Å². The van der Waals surface area contributed by atoms with E-state index in [1.54, 1.807) is 0 Å². The van der Waals surface area contributed by atoms with E-state index in [-0.39, 0.29) is 17.7 Å². The van der Waals surface area contributed by atoms with Crippen molar-refractivity contribution in [3.05, 3.63) is 0 Å². The van der Waals surface area contributed by atoms with Gasteiger partial charge in [0.15, 0.2) is 0 Å². The van der Waals surface area contributed by atoms with Gasteiger partial charge >= 0.3 is 0 Å². The van der Waals surface area contributed by atoms with E-state index >= 15 is 0 Å². The predicted octanol–water partition coefficient (Wildman–Crippen LogP) is 3.88. The molecule has 1 fully saturated rings. The molecule has 1 aliphatic rings. The van der Waals surface area contributed by atoms with Crippen molar-refractivity contribution < 1.29 is 19.1 Å². The maximum Gasteiger partial charge on any atom is 0.230 e. The molecule has 0 aromatic carbocycles. The molecular formula is C20H35NO4. The summed E-state index contributed by atoms with van der Waals surface area (Å²) in [7, 11) is 0. The molecule has 0 bridgehead atoms. The zero-order chi connectivity index (χ0) is 19.3. The minimum absolute atomic E-state index is 0.0928. The highest BCUT2D eigenvalue weighted by Crippen LogP contribution is 2.27. The number of amides is 2. The summed E-state index contributed by atoms with van der Waals surface area (Å²) in [6, 6.07) is 0. The number of nitrogens with zero attached hydrogens (tertiary/aromatic N) is 1. The summed E-state index contributed by atoms with van der Waals surface area (Å²) in [4.78, 5) is 37.3. The Morgan fingerprint density at radius 3 is 2.20 bits per heavy atom. The summed E-state index contributed by atoms with van der Waals surface area (Å²) in [5, 5.41) is 0. The lowest BCUT2D eigenvalue weighted by molar-refractivity contribution is -0.145. The molecule has 25 heavy (non-hydrogen) atoms. The van der Waals surface area contributed by atoms with Gasteiger partial charge in [0.05, 0.1) is 5.60 Å². The van der Waals surface area contributed by atoms with Crippen molar-refractivity contribution in [3.63, 3.8) is 0 Å². The monoisotopic (exact) mass is 353 g/mol. The summed E-state index contributed by atoms with van der Waals surface area (Å²) < 4.78 is 5.98. The largest absolute Gasteiger partial charge is 0.375 e. The molecule has 2 amide bonds. The van der Waals surface area contributed by atoms with E-state index in [0.29, 0.717) is 44.5 Å². The first kappa shape index (κ1) is 21.8. The number of rotatable bonds is 11. The molecule has 1 heterocycles. The minimum atomic E-state index is -0.536. The maximum absolute atomic E-state index is 12.1. The molecule has 0 N–H and O–H groups in total. The third-order valence-corrected chi connectivity index (χ3v) is 5.11. The standard InChI is InChI=1S/C20H35NO4/c1-7-8-15(2)16(22)11-12-20(5,6)25-14-13-19(3,4)21-17(23)9-10-18(21)24/h15H,7-14H2,1-6H3. The molecule has 0 saturated carbocycles. The molecule has 0 radical (unpaired) electrons. The molecular weight excluding hydrogens is 318 g/mol. The van der Waals surface area contributed by atoms with Crippen molar-refractivity contribution in [1.82, 2.24) is 4.90 Å². The van der Waals surface area contributed by atoms with Crippen molar-refractivity contribution in [2.75, 3.05) is 6.61 Å². The van der Waals surface area contributed by atoms with Crippen molar-refractivity contribution in [2.45, 2.75) is 97.6 Å². The number of carbonyl (C=O) groups is 3. The Bertz CT molecular complexity index is 480. The zero-order valence-corrected chi connectivity index (χ0v) is 16.8. The smallest absolute Gasteiger partial charge is 0.230 e. The van der Waals surface area contributed by atoms with Crippen LogP contribution in [-0.2, 0) is 19.1 Å². The van der Waals surface area contributed by atoms with Crippen LogP contribution in [0.3, 0.4) is 0 Å². The van der Waals surface area contributed by atoms with Crippen molar-refractivity contribution in [2.24, 2.45) is 5.92 Å². The van der Waals surface area contributed by atoms with Crippen molar-refractivity contribution in [3.8, 4) is 0 Å². The molecule has 1 rings (SSSR count). The number of imide groups is 1. The van der Waals surface area contributed by atoms with Crippen LogP contribution in [0, 0.1) is 5.92 Å². The third kappa shape index (κ3) is 6.53. The number of ketones is 1. The quantitative estimate of drug-likeness (QED) is 0.529. The molecule has 0 aliphatic carbocycles. The Morgan fingerprint density at radius 1 is 1.12 bits per heavy atom. The van der Waals surface area contributed by atoms with Crippen LogP contribution >= 0.6 is 0 Å². The third-order valence-electron chi connectivity index (χ3n) is 5.11. The summed E-state index contributed by atoms with van der Waals surface area (Å²) in [6.45, 7) is 12.3. The second kappa shape index (κ2) is 8.93. The van der Waals surface area contributed by atoms with Gasteiger partial charge in [0, 0.05) is 37.3 Å². The molecule has 1 atom stereocenters. The van der Waals surface area contributed by atoms with E-state index < -0.39 is 11.1 Å². The average molecular weight is 354 g/mol. The fraction of sp³-hybridized carbons (Fsp3) is 0.850. The van der Waals surface area contributed by atoms with E-state index in [0.717, 1.165) is 12.8 Å². The lowest BCUT2D eigenvalue weighted by Crippen LogP contribution is -2.48. The Hall–Kier alpha value is -1.23. The van der Waals surface area contributed by atoms with Gasteiger partial charge in [-0.1, -0.05) is 20.3 Å². The molecule has 5 heteroatoms. The Balaban J connectivity index is 2.44. The summed E-state index contributed by atoms with van der Waals surface area (Å²) in [6.07, 6.45) is 4.39. The zero-order valence-electron chi connectivity index (χ0n) is 16.8. The topological polar surface area (TPSA) is 63.7 Å². The molecule has 1 aliphatic heterocycles. The van der Waals surface area contributed by atoms with Crippen LogP contribution < -0.4 is 0 Å². The van der Waals surface area contributed by atoms with Gasteiger partial charge < -0.3 is 4.74 Å². The van der Waals surface area contributed by atoms with E-state index in [1.165, 1.54) is 4.90 Å². The van der Waals surface area contributed by atoms with Crippen LogP contribution in [0.1, 0.15) is 86.5 Å². The maximum atomic E-state index is 12.1. The fourth-order valence-corrected chi connectivity index (χ4v) is 3.28. The van der Waals surface area contributed by atoms with Gasteiger partial charge in [0.1, 0.15) is 5.78 Å². The van der Waals surface area contributed by atoms with Gasteiger partial charge in [0.25, 0.3) is 0 Å². The van der Waals surface area contributed by atoms with E-state index in [1.807, 2.05) is 34.6 Å². The molecule has 1 saturated heterocycles. The second-order valence-electron chi connectivity index (χ2n) is 8.45. The molecule has 1 unspecified atom stereocenters. The Labute approximate surface area is 152 Å². The summed E-state index contributed by atoms with van der Waals surface area (Å²) in [5.41, 5.74) is -0.928. The SMILES string of the molecule is CCCC(C)C(=O)CCC(C)(C)OCCC(C)(C)N1C(=O)CCC1=O. The summed E-state index contributed by atoms with van der Waals surface area (Å²) in [5.74, 6) is 0.230.